The second-order valence-corrected chi connectivity index (χ2v) is 6.26. The molecule has 0 N–H and O–H groups in total. The SMILES string of the molecule is COC(=O)c1ccc(C(C(=O)N(C)C)C(C)(C)C)c(F)c1. The fraction of sp³-hybridized carbons (Fsp3) is 0.500. The molecule has 0 aliphatic carbocycles. The molecule has 0 fully saturated rings. The van der Waals surface area contributed by atoms with Crippen LogP contribution >= 0.6 is 0 Å². The number of hydrogen-bond donors (Lipinski definition) is 0. The number of ether oxygens (including phenoxy) is 1. The number of nitrogens with zero attached hydrogens (tertiary/aromatic N) is 1. The Hall–Kier alpha value is -1.91. The van der Waals surface area contributed by atoms with Gasteiger partial charge >= 0.3 is 5.97 Å². The third-order valence-corrected chi connectivity index (χ3v) is 3.29. The summed E-state index contributed by atoms with van der Waals surface area (Å²) in [4.78, 5) is 25.3. The molecule has 0 bridgehead atoms. The van der Waals surface area contributed by atoms with Gasteiger partial charge in [0.2, 0.25) is 5.91 Å². The summed E-state index contributed by atoms with van der Waals surface area (Å²) in [6, 6.07) is 4.08. The number of esters is 1. The molecule has 1 aromatic carbocycles. The van der Waals surface area contributed by atoms with Gasteiger partial charge in [0, 0.05) is 19.7 Å². The van der Waals surface area contributed by atoms with Crippen LogP contribution in [0.2, 0.25) is 0 Å². The zero-order valence-electron chi connectivity index (χ0n) is 13.4. The number of methoxy groups -OCH3 is 1. The van der Waals surface area contributed by atoms with E-state index in [1.165, 1.54) is 24.1 Å². The maximum atomic E-state index is 14.4. The van der Waals surface area contributed by atoms with Gasteiger partial charge in [-0.15, -0.1) is 0 Å². The zero-order valence-corrected chi connectivity index (χ0v) is 13.4. The van der Waals surface area contributed by atoms with Crippen molar-refractivity contribution in [2.45, 2.75) is 26.7 Å². The quantitative estimate of drug-likeness (QED) is 0.806. The average molecular weight is 295 g/mol. The van der Waals surface area contributed by atoms with Gasteiger partial charge in [0.05, 0.1) is 18.6 Å². The standard InChI is InChI=1S/C16H22FNO3/c1-16(2,3)13(14(19)18(4)5)11-8-7-10(9-12(11)17)15(20)21-6/h7-9,13H,1-6H3. The molecule has 0 aromatic heterocycles. The van der Waals surface area contributed by atoms with Crippen molar-refractivity contribution in [1.82, 2.24) is 4.90 Å². The molecule has 0 saturated heterocycles. The van der Waals surface area contributed by atoms with E-state index in [2.05, 4.69) is 4.74 Å². The van der Waals surface area contributed by atoms with Gasteiger partial charge in [0.15, 0.2) is 0 Å². The first-order chi connectivity index (χ1) is 9.59. The minimum absolute atomic E-state index is 0.128. The van der Waals surface area contributed by atoms with Crippen molar-refractivity contribution in [3.05, 3.63) is 35.1 Å². The first kappa shape index (κ1) is 17.1. The average Bonchev–Trinajstić information content (AvgIpc) is 2.38. The molecule has 0 aliphatic heterocycles. The van der Waals surface area contributed by atoms with Crippen LogP contribution in [0.25, 0.3) is 0 Å². The molecule has 5 heteroatoms. The van der Waals surface area contributed by atoms with Crippen molar-refractivity contribution in [2.24, 2.45) is 5.41 Å². The molecule has 0 aliphatic rings. The van der Waals surface area contributed by atoms with Crippen molar-refractivity contribution in [3.8, 4) is 0 Å². The molecular weight excluding hydrogens is 273 g/mol. The molecule has 1 unspecified atom stereocenters. The first-order valence-corrected chi connectivity index (χ1v) is 6.68. The summed E-state index contributed by atoms with van der Waals surface area (Å²) in [6.45, 7) is 5.65. The third-order valence-electron chi connectivity index (χ3n) is 3.29. The summed E-state index contributed by atoms with van der Waals surface area (Å²) in [5, 5.41) is 0. The molecule has 1 rings (SSSR count). The highest BCUT2D eigenvalue weighted by Gasteiger charge is 2.35. The van der Waals surface area contributed by atoms with Crippen LogP contribution in [0.4, 0.5) is 4.39 Å². The molecule has 0 heterocycles. The second kappa shape index (κ2) is 6.24. The fourth-order valence-electron chi connectivity index (χ4n) is 2.23. The number of amides is 1. The second-order valence-electron chi connectivity index (χ2n) is 6.26. The van der Waals surface area contributed by atoms with Crippen molar-refractivity contribution >= 4 is 11.9 Å². The minimum atomic E-state index is -0.626. The maximum Gasteiger partial charge on any atom is 0.337 e. The lowest BCUT2D eigenvalue weighted by molar-refractivity contribution is -0.132. The third kappa shape index (κ3) is 3.80. The lowest BCUT2D eigenvalue weighted by Gasteiger charge is -2.32. The smallest absolute Gasteiger partial charge is 0.337 e. The van der Waals surface area contributed by atoms with Crippen molar-refractivity contribution < 1.29 is 18.7 Å². The van der Waals surface area contributed by atoms with E-state index in [4.69, 9.17) is 0 Å². The molecule has 21 heavy (non-hydrogen) atoms. The highest BCUT2D eigenvalue weighted by molar-refractivity contribution is 5.90. The van der Waals surface area contributed by atoms with Crippen molar-refractivity contribution in [2.75, 3.05) is 21.2 Å². The lowest BCUT2D eigenvalue weighted by atomic mass is 9.75. The summed E-state index contributed by atoms with van der Waals surface area (Å²) >= 11 is 0. The van der Waals surface area contributed by atoms with Crippen molar-refractivity contribution in [3.63, 3.8) is 0 Å². The monoisotopic (exact) mass is 295 g/mol. The summed E-state index contributed by atoms with van der Waals surface area (Å²) < 4.78 is 18.9. The van der Waals surface area contributed by atoms with Gasteiger partial charge in [-0.05, 0) is 17.5 Å². The fourth-order valence-corrected chi connectivity index (χ4v) is 2.23. The van der Waals surface area contributed by atoms with E-state index in [-0.39, 0.29) is 17.0 Å². The largest absolute Gasteiger partial charge is 0.465 e. The van der Waals surface area contributed by atoms with Gasteiger partial charge in [0.25, 0.3) is 0 Å². The number of rotatable bonds is 3. The normalized spacial score (nSPS) is 12.7. The number of benzene rings is 1. The summed E-state index contributed by atoms with van der Waals surface area (Å²) in [5.74, 6) is -1.98. The Kier molecular flexibility index (Phi) is 5.10. The lowest BCUT2D eigenvalue weighted by Crippen LogP contribution is -2.36. The van der Waals surface area contributed by atoms with E-state index in [1.807, 2.05) is 20.8 Å². The minimum Gasteiger partial charge on any atom is -0.465 e. The molecule has 1 amide bonds. The van der Waals surface area contributed by atoms with E-state index in [1.54, 1.807) is 14.1 Å². The Bertz CT molecular complexity index is 547. The van der Waals surface area contributed by atoms with E-state index < -0.39 is 23.1 Å². The Morgan fingerprint density at radius 1 is 1.24 bits per heavy atom. The Balaban J connectivity index is 3.33. The number of likely N-dealkylation sites (N-methyl/N-ethyl adjacent to an activating group) is 1. The molecule has 0 radical (unpaired) electrons. The van der Waals surface area contributed by atoms with Crippen LogP contribution in [0, 0.1) is 11.2 Å². The highest BCUT2D eigenvalue weighted by Crippen LogP contribution is 2.37. The van der Waals surface area contributed by atoms with Crippen LogP contribution in [0.5, 0.6) is 0 Å². The van der Waals surface area contributed by atoms with Crippen LogP contribution in [-0.2, 0) is 9.53 Å². The maximum absolute atomic E-state index is 14.4. The number of carbonyl (C=O) groups excluding carboxylic acids is 2. The van der Waals surface area contributed by atoms with Crippen LogP contribution < -0.4 is 0 Å². The van der Waals surface area contributed by atoms with E-state index in [0.717, 1.165) is 6.07 Å². The molecule has 0 saturated carbocycles. The number of hydrogen-bond acceptors (Lipinski definition) is 3. The summed E-state index contributed by atoms with van der Waals surface area (Å²) in [7, 11) is 4.52. The molecule has 0 spiro atoms. The van der Waals surface area contributed by atoms with E-state index in [0.29, 0.717) is 0 Å². The first-order valence-electron chi connectivity index (χ1n) is 6.68. The zero-order chi connectivity index (χ0) is 16.4. The van der Waals surface area contributed by atoms with Gasteiger partial charge in [-0.3, -0.25) is 4.79 Å². The van der Waals surface area contributed by atoms with Gasteiger partial charge < -0.3 is 9.64 Å². The molecule has 4 nitrogen and oxygen atoms in total. The van der Waals surface area contributed by atoms with Crippen molar-refractivity contribution in [1.29, 1.82) is 0 Å². The summed E-state index contributed by atoms with van der Waals surface area (Å²) in [5.41, 5.74) is -0.0350. The Morgan fingerprint density at radius 3 is 2.19 bits per heavy atom. The topological polar surface area (TPSA) is 46.6 Å². The highest BCUT2D eigenvalue weighted by atomic mass is 19.1. The predicted molar refractivity (Wildman–Crippen MR) is 78.6 cm³/mol. The van der Waals surface area contributed by atoms with Crippen LogP contribution in [-0.4, -0.2) is 38.0 Å². The van der Waals surface area contributed by atoms with Crippen LogP contribution in [0.1, 0.15) is 42.6 Å². The predicted octanol–water partition coefficient (Wildman–Crippen LogP) is 2.83. The van der Waals surface area contributed by atoms with Gasteiger partial charge in [-0.2, -0.15) is 0 Å². The molecule has 1 atom stereocenters. The van der Waals surface area contributed by atoms with E-state index in [9.17, 15) is 14.0 Å². The van der Waals surface area contributed by atoms with Crippen LogP contribution in [0.3, 0.4) is 0 Å². The number of carbonyl (C=O) groups is 2. The summed E-state index contributed by atoms with van der Waals surface area (Å²) in [6.07, 6.45) is 0. The number of halogens is 1. The van der Waals surface area contributed by atoms with Gasteiger partial charge in [-0.1, -0.05) is 26.8 Å². The Morgan fingerprint density at radius 2 is 1.81 bits per heavy atom. The van der Waals surface area contributed by atoms with Gasteiger partial charge in [0.1, 0.15) is 5.82 Å². The Labute approximate surface area is 124 Å². The van der Waals surface area contributed by atoms with Crippen LogP contribution in [0.15, 0.2) is 18.2 Å². The van der Waals surface area contributed by atoms with Gasteiger partial charge in [-0.25, -0.2) is 9.18 Å². The molecule has 116 valence electrons. The molecular formula is C16H22FNO3. The molecule has 1 aromatic rings. The van der Waals surface area contributed by atoms with E-state index >= 15 is 0 Å².